The standard InChI is InChI=1S/C18H19N3O3S/c19-12-13-8-10-14(11-9-13)15-5-3-7-18(20-15)25(23,24)21-16-4-1-2-6-17(16)22/h3,5,7-11,16-17,21-22H,1-2,4,6H2/t16-,17+/m0/s1. The van der Waals surface area contributed by atoms with Crippen molar-refractivity contribution in [3.8, 4) is 17.3 Å². The van der Waals surface area contributed by atoms with Crippen molar-refractivity contribution in [2.45, 2.75) is 42.9 Å². The van der Waals surface area contributed by atoms with Gasteiger partial charge in [-0.05, 0) is 37.1 Å². The fourth-order valence-corrected chi connectivity index (χ4v) is 4.22. The summed E-state index contributed by atoms with van der Waals surface area (Å²) in [6, 6.07) is 13.1. The number of benzene rings is 1. The van der Waals surface area contributed by atoms with Crippen molar-refractivity contribution in [1.82, 2.24) is 9.71 Å². The molecule has 0 saturated heterocycles. The van der Waals surface area contributed by atoms with Crippen LogP contribution in [0.15, 0.2) is 47.5 Å². The van der Waals surface area contributed by atoms with E-state index < -0.39 is 22.2 Å². The van der Waals surface area contributed by atoms with Crippen LogP contribution in [-0.2, 0) is 10.0 Å². The molecule has 2 aromatic rings. The fraction of sp³-hybridized carbons (Fsp3) is 0.333. The number of aromatic nitrogens is 1. The van der Waals surface area contributed by atoms with Gasteiger partial charge in [-0.1, -0.05) is 31.0 Å². The van der Waals surface area contributed by atoms with Crippen LogP contribution in [0.4, 0.5) is 0 Å². The Bertz CT molecular complexity index is 889. The maximum Gasteiger partial charge on any atom is 0.258 e. The summed E-state index contributed by atoms with van der Waals surface area (Å²) >= 11 is 0. The maximum atomic E-state index is 12.6. The molecule has 0 amide bonds. The van der Waals surface area contributed by atoms with E-state index in [1.165, 1.54) is 6.07 Å². The van der Waals surface area contributed by atoms with Gasteiger partial charge >= 0.3 is 0 Å². The van der Waals surface area contributed by atoms with Crippen LogP contribution in [0.3, 0.4) is 0 Å². The summed E-state index contributed by atoms with van der Waals surface area (Å²) in [6.07, 6.45) is 2.36. The first-order valence-corrected chi connectivity index (χ1v) is 9.66. The van der Waals surface area contributed by atoms with Crippen LogP contribution in [0.25, 0.3) is 11.3 Å². The summed E-state index contributed by atoms with van der Waals surface area (Å²) in [5.74, 6) is 0. The van der Waals surface area contributed by atoms with Crippen molar-refractivity contribution >= 4 is 10.0 Å². The van der Waals surface area contributed by atoms with Gasteiger partial charge in [0.05, 0.1) is 23.4 Å². The molecule has 3 rings (SSSR count). The SMILES string of the molecule is N#Cc1ccc(-c2cccc(S(=O)(=O)N[C@H]3CCCC[C@H]3O)n2)cc1. The highest BCUT2D eigenvalue weighted by Crippen LogP contribution is 2.22. The number of hydrogen-bond acceptors (Lipinski definition) is 5. The lowest BCUT2D eigenvalue weighted by molar-refractivity contribution is 0.101. The third-order valence-corrected chi connectivity index (χ3v) is 5.74. The number of nitriles is 1. The average Bonchev–Trinajstić information content (AvgIpc) is 2.64. The molecule has 1 aliphatic rings. The number of rotatable bonds is 4. The van der Waals surface area contributed by atoms with E-state index >= 15 is 0 Å². The lowest BCUT2D eigenvalue weighted by Crippen LogP contribution is -2.45. The van der Waals surface area contributed by atoms with E-state index in [0.29, 0.717) is 24.1 Å². The molecule has 0 aliphatic heterocycles. The molecular weight excluding hydrogens is 338 g/mol. The predicted molar refractivity (Wildman–Crippen MR) is 93.0 cm³/mol. The van der Waals surface area contributed by atoms with Crippen LogP contribution in [-0.4, -0.2) is 30.7 Å². The Balaban J connectivity index is 1.85. The van der Waals surface area contributed by atoms with Gasteiger partial charge in [0.15, 0.2) is 5.03 Å². The molecule has 7 heteroatoms. The first kappa shape index (κ1) is 17.5. The van der Waals surface area contributed by atoms with Gasteiger partial charge in [-0.2, -0.15) is 5.26 Å². The Labute approximate surface area is 147 Å². The Hall–Kier alpha value is -2.27. The molecular formula is C18H19N3O3S. The second-order valence-electron chi connectivity index (χ2n) is 6.13. The Morgan fingerprint density at radius 3 is 2.52 bits per heavy atom. The van der Waals surface area contributed by atoms with Crippen LogP contribution < -0.4 is 4.72 Å². The average molecular weight is 357 g/mol. The summed E-state index contributed by atoms with van der Waals surface area (Å²) in [5.41, 5.74) is 1.77. The third kappa shape index (κ3) is 4.04. The summed E-state index contributed by atoms with van der Waals surface area (Å²) in [6.45, 7) is 0. The first-order chi connectivity index (χ1) is 12.0. The van der Waals surface area contributed by atoms with Gasteiger partial charge in [-0.15, -0.1) is 0 Å². The van der Waals surface area contributed by atoms with Crippen LogP contribution in [0.1, 0.15) is 31.2 Å². The van der Waals surface area contributed by atoms with E-state index in [2.05, 4.69) is 9.71 Å². The zero-order valence-corrected chi connectivity index (χ0v) is 14.4. The minimum absolute atomic E-state index is 0.0767. The molecule has 1 fully saturated rings. The normalized spacial score (nSPS) is 20.8. The second kappa shape index (κ2) is 7.31. The van der Waals surface area contributed by atoms with Crippen molar-refractivity contribution in [3.63, 3.8) is 0 Å². The van der Waals surface area contributed by atoms with Gasteiger partial charge in [0.25, 0.3) is 10.0 Å². The molecule has 2 N–H and O–H groups in total. The Kier molecular flexibility index (Phi) is 5.13. The van der Waals surface area contributed by atoms with Crippen LogP contribution in [0.5, 0.6) is 0 Å². The van der Waals surface area contributed by atoms with E-state index in [-0.39, 0.29) is 5.03 Å². The first-order valence-electron chi connectivity index (χ1n) is 8.17. The van der Waals surface area contributed by atoms with Gasteiger partial charge in [-0.25, -0.2) is 18.1 Å². The van der Waals surface area contributed by atoms with Gasteiger partial charge in [0.1, 0.15) is 0 Å². The molecule has 6 nitrogen and oxygen atoms in total. The molecule has 1 saturated carbocycles. The summed E-state index contributed by atoms with van der Waals surface area (Å²) in [4.78, 5) is 4.25. The van der Waals surface area contributed by atoms with Gasteiger partial charge < -0.3 is 5.11 Å². The molecule has 1 aromatic heterocycles. The predicted octanol–water partition coefficient (Wildman–Crippen LogP) is 2.20. The van der Waals surface area contributed by atoms with Gasteiger partial charge in [0.2, 0.25) is 0 Å². The highest BCUT2D eigenvalue weighted by molar-refractivity contribution is 7.89. The highest BCUT2D eigenvalue weighted by Gasteiger charge is 2.28. The molecule has 0 bridgehead atoms. The van der Waals surface area contributed by atoms with E-state index in [0.717, 1.165) is 18.4 Å². The van der Waals surface area contributed by atoms with E-state index in [1.54, 1.807) is 36.4 Å². The Morgan fingerprint density at radius 2 is 1.84 bits per heavy atom. The number of nitrogens with zero attached hydrogens (tertiary/aromatic N) is 2. The summed E-state index contributed by atoms with van der Waals surface area (Å²) < 4.78 is 27.8. The molecule has 1 heterocycles. The quantitative estimate of drug-likeness (QED) is 0.873. The molecule has 0 radical (unpaired) electrons. The molecule has 2 atom stereocenters. The number of pyridine rings is 1. The molecule has 0 unspecified atom stereocenters. The minimum atomic E-state index is -3.81. The number of hydrogen-bond donors (Lipinski definition) is 2. The molecule has 130 valence electrons. The van der Waals surface area contributed by atoms with Crippen LogP contribution in [0, 0.1) is 11.3 Å². The van der Waals surface area contributed by atoms with Crippen molar-refractivity contribution in [2.75, 3.05) is 0 Å². The lowest BCUT2D eigenvalue weighted by atomic mass is 9.93. The molecule has 0 spiro atoms. The Morgan fingerprint density at radius 1 is 1.12 bits per heavy atom. The van der Waals surface area contributed by atoms with Crippen molar-refractivity contribution < 1.29 is 13.5 Å². The highest BCUT2D eigenvalue weighted by atomic mass is 32.2. The molecule has 25 heavy (non-hydrogen) atoms. The van der Waals surface area contributed by atoms with Crippen LogP contribution in [0.2, 0.25) is 0 Å². The largest absolute Gasteiger partial charge is 0.391 e. The monoisotopic (exact) mass is 357 g/mol. The number of aliphatic hydroxyl groups is 1. The van der Waals surface area contributed by atoms with Crippen LogP contribution >= 0.6 is 0 Å². The smallest absolute Gasteiger partial charge is 0.258 e. The summed E-state index contributed by atoms with van der Waals surface area (Å²) in [5, 5.41) is 18.8. The summed E-state index contributed by atoms with van der Waals surface area (Å²) in [7, 11) is -3.81. The number of aliphatic hydroxyl groups excluding tert-OH is 1. The van der Waals surface area contributed by atoms with Crippen molar-refractivity contribution in [1.29, 1.82) is 5.26 Å². The molecule has 1 aromatic carbocycles. The zero-order chi connectivity index (χ0) is 17.9. The minimum Gasteiger partial charge on any atom is -0.391 e. The topological polar surface area (TPSA) is 103 Å². The third-order valence-electron chi connectivity index (χ3n) is 4.34. The maximum absolute atomic E-state index is 12.6. The molecule has 1 aliphatic carbocycles. The van der Waals surface area contributed by atoms with E-state index in [4.69, 9.17) is 5.26 Å². The second-order valence-corrected chi connectivity index (χ2v) is 7.79. The number of nitrogens with one attached hydrogen (secondary N) is 1. The van der Waals surface area contributed by atoms with Gasteiger partial charge in [-0.3, -0.25) is 0 Å². The van der Waals surface area contributed by atoms with E-state index in [9.17, 15) is 13.5 Å². The number of sulfonamides is 1. The van der Waals surface area contributed by atoms with Crippen molar-refractivity contribution in [3.05, 3.63) is 48.0 Å². The fourth-order valence-electron chi connectivity index (χ4n) is 2.95. The van der Waals surface area contributed by atoms with Gasteiger partial charge in [0, 0.05) is 11.6 Å². The van der Waals surface area contributed by atoms with E-state index in [1.807, 2.05) is 6.07 Å². The lowest BCUT2D eigenvalue weighted by Gasteiger charge is -2.27. The van der Waals surface area contributed by atoms with Crippen molar-refractivity contribution in [2.24, 2.45) is 0 Å². The zero-order valence-electron chi connectivity index (χ0n) is 13.6.